The molecule has 0 saturated carbocycles. The van der Waals surface area contributed by atoms with Crippen molar-refractivity contribution in [2.75, 3.05) is 13.1 Å². The first-order valence-corrected chi connectivity index (χ1v) is 5.31. The van der Waals surface area contributed by atoms with E-state index in [-0.39, 0.29) is 0 Å². The molecular formula is C12H16N2O. The average Bonchev–Trinajstić information content (AvgIpc) is 2.29. The Labute approximate surface area is 89.9 Å². The Balaban J connectivity index is 2.04. The van der Waals surface area contributed by atoms with Crippen molar-refractivity contribution in [1.82, 2.24) is 10.3 Å². The first-order chi connectivity index (χ1) is 7.29. The molecule has 0 aromatic carbocycles. The van der Waals surface area contributed by atoms with Crippen LogP contribution in [0.2, 0.25) is 0 Å². The number of pyridine rings is 1. The van der Waals surface area contributed by atoms with E-state index in [0.29, 0.717) is 0 Å². The lowest BCUT2D eigenvalue weighted by molar-refractivity contribution is 0.0590. The molecule has 80 valence electrons. The molecule has 0 spiro atoms. The molecule has 0 amide bonds. The van der Waals surface area contributed by atoms with E-state index < -0.39 is 5.60 Å². The van der Waals surface area contributed by atoms with Crippen LogP contribution in [0.4, 0.5) is 0 Å². The summed E-state index contributed by atoms with van der Waals surface area (Å²) in [6, 6.07) is 3.86. The molecule has 1 fully saturated rings. The predicted octanol–water partition coefficient (Wildman–Crippen LogP) is 1.21. The van der Waals surface area contributed by atoms with E-state index >= 15 is 0 Å². The summed E-state index contributed by atoms with van der Waals surface area (Å²) >= 11 is 0. The Morgan fingerprint density at radius 2 is 1.93 bits per heavy atom. The SMILES string of the molecule is OC1(C=Cc2ccncc2)CCNCC1. The lowest BCUT2D eigenvalue weighted by Crippen LogP contribution is -2.40. The van der Waals surface area contributed by atoms with Crippen LogP contribution in [0.15, 0.2) is 30.6 Å². The zero-order chi connectivity index (χ0) is 10.6. The summed E-state index contributed by atoms with van der Waals surface area (Å²) in [5.41, 5.74) is 0.450. The van der Waals surface area contributed by atoms with E-state index in [9.17, 15) is 5.11 Å². The Hall–Kier alpha value is -1.19. The van der Waals surface area contributed by atoms with Gasteiger partial charge in [-0.05, 0) is 43.6 Å². The van der Waals surface area contributed by atoms with E-state index in [1.807, 2.05) is 24.3 Å². The molecule has 15 heavy (non-hydrogen) atoms. The molecule has 3 heteroatoms. The van der Waals surface area contributed by atoms with Crippen LogP contribution < -0.4 is 5.32 Å². The lowest BCUT2D eigenvalue weighted by Gasteiger charge is -2.29. The van der Waals surface area contributed by atoms with Crippen molar-refractivity contribution in [1.29, 1.82) is 0 Å². The first-order valence-electron chi connectivity index (χ1n) is 5.31. The van der Waals surface area contributed by atoms with Crippen LogP contribution in [0.1, 0.15) is 18.4 Å². The second kappa shape index (κ2) is 4.55. The fourth-order valence-electron chi connectivity index (χ4n) is 1.75. The molecule has 0 atom stereocenters. The highest BCUT2D eigenvalue weighted by molar-refractivity contribution is 5.49. The summed E-state index contributed by atoms with van der Waals surface area (Å²) in [5, 5.41) is 13.4. The summed E-state index contributed by atoms with van der Waals surface area (Å²) in [7, 11) is 0. The average molecular weight is 204 g/mol. The van der Waals surface area contributed by atoms with E-state index in [2.05, 4.69) is 10.3 Å². The molecule has 1 aliphatic rings. The Morgan fingerprint density at radius 1 is 1.27 bits per heavy atom. The normalized spacial score (nSPS) is 20.6. The molecule has 1 saturated heterocycles. The summed E-state index contributed by atoms with van der Waals surface area (Å²) in [4.78, 5) is 3.95. The van der Waals surface area contributed by atoms with E-state index in [1.54, 1.807) is 12.4 Å². The zero-order valence-electron chi connectivity index (χ0n) is 8.69. The number of rotatable bonds is 2. The van der Waals surface area contributed by atoms with Crippen molar-refractivity contribution in [3.63, 3.8) is 0 Å². The highest BCUT2D eigenvalue weighted by Crippen LogP contribution is 2.20. The molecule has 3 nitrogen and oxygen atoms in total. The minimum Gasteiger partial charge on any atom is -0.386 e. The smallest absolute Gasteiger partial charge is 0.0855 e. The maximum atomic E-state index is 10.2. The van der Waals surface area contributed by atoms with Crippen LogP contribution in [0.25, 0.3) is 6.08 Å². The van der Waals surface area contributed by atoms with Crippen LogP contribution in [-0.2, 0) is 0 Å². The Bertz CT molecular complexity index is 329. The molecule has 2 rings (SSSR count). The fraction of sp³-hybridized carbons (Fsp3) is 0.417. The van der Waals surface area contributed by atoms with Gasteiger partial charge in [-0.1, -0.05) is 12.2 Å². The van der Waals surface area contributed by atoms with E-state index in [1.165, 1.54) is 0 Å². The number of aliphatic hydroxyl groups is 1. The quantitative estimate of drug-likeness (QED) is 0.761. The third kappa shape index (κ3) is 2.88. The van der Waals surface area contributed by atoms with Gasteiger partial charge in [-0.3, -0.25) is 4.98 Å². The van der Waals surface area contributed by atoms with Crippen LogP contribution >= 0.6 is 0 Å². The van der Waals surface area contributed by atoms with E-state index in [0.717, 1.165) is 31.5 Å². The van der Waals surface area contributed by atoms with Crippen LogP contribution in [0.3, 0.4) is 0 Å². The van der Waals surface area contributed by atoms with Crippen molar-refractivity contribution in [3.05, 3.63) is 36.2 Å². The Kier molecular flexibility index (Phi) is 3.14. The maximum absolute atomic E-state index is 10.2. The third-order valence-corrected chi connectivity index (χ3v) is 2.76. The fourth-order valence-corrected chi connectivity index (χ4v) is 1.75. The molecule has 1 aliphatic heterocycles. The molecular weight excluding hydrogens is 188 g/mol. The molecule has 0 unspecified atom stereocenters. The van der Waals surface area contributed by atoms with Crippen LogP contribution in [0.5, 0.6) is 0 Å². The van der Waals surface area contributed by atoms with Crippen molar-refractivity contribution < 1.29 is 5.11 Å². The predicted molar refractivity (Wildman–Crippen MR) is 60.3 cm³/mol. The molecule has 1 aromatic rings. The number of hydrogen-bond acceptors (Lipinski definition) is 3. The molecule has 1 aromatic heterocycles. The van der Waals surface area contributed by atoms with Gasteiger partial charge >= 0.3 is 0 Å². The highest BCUT2D eigenvalue weighted by Gasteiger charge is 2.25. The summed E-state index contributed by atoms with van der Waals surface area (Å²) in [6.07, 6.45) is 8.96. The minimum absolute atomic E-state index is 0.630. The number of piperidine rings is 1. The Morgan fingerprint density at radius 3 is 2.60 bits per heavy atom. The van der Waals surface area contributed by atoms with Gasteiger partial charge in [0.15, 0.2) is 0 Å². The zero-order valence-corrected chi connectivity index (χ0v) is 8.69. The molecule has 0 bridgehead atoms. The summed E-state index contributed by atoms with van der Waals surface area (Å²) in [6.45, 7) is 1.77. The third-order valence-electron chi connectivity index (χ3n) is 2.76. The van der Waals surface area contributed by atoms with Crippen molar-refractivity contribution in [3.8, 4) is 0 Å². The van der Waals surface area contributed by atoms with Crippen LogP contribution in [0, 0.1) is 0 Å². The molecule has 2 heterocycles. The van der Waals surface area contributed by atoms with Gasteiger partial charge in [0, 0.05) is 12.4 Å². The summed E-state index contributed by atoms with van der Waals surface area (Å²) in [5.74, 6) is 0. The molecule has 0 aliphatic carbocycles. The number of nitrogens with zero attached hydrogens (tertiary/aromatic N) is 1. The number of aromatic nitrogens is 1. The number of nitrogens with one attached hydrogen (secondary N) is 1. The van der Waals surface area contributed by atoms with Gasteiger partial charge in [0.2, 0.25) is 0 Å². The van der Waals surface area contributed by atoms with Crippen molar-refractivity contribution in [2.45, 2.75) is 18.4 Å². The van der Waals surface area contributed by atoms with E-state index in [4.69, 9.17) is 0 Å². The van der Waals surface area contributed by atoms with Gasteiger partial charge in [0.05, 0.1) is 5.60 Å². The standard InChI is InChI=1S/C12H16N2O/c15-12(5-9-14-10-6-12)4-1-11-2-7-13-8-3-11/h1-4,7-8,14-15H,5-6,9-10H2. The monoisotopic (exact) mass is 204 g/mol. The van der Waals surface area contributed by atoms with Gasteiger partial charge in [-0.25, -0.2) is 0 Å². The van der Waals surface area contributed by atoms with Gasteiger partial charge in [0.1, 0.15) is 0 Å². The van der Waals surface area contributed by atoms with Crippen molar-refractivity contribution in [2.24, 2.45) is 0 Å². The highest BCUT2D eigenvalue weighted by atomic mass is 16.3. The topological polar surface area (TPSA) is 45.2 Å². The largest absolute Gasteiger partial charge is 0.386 e. The van der Waals surface area contributed by atoms with Crippen LogP contribution in [-0.4, -0.2) is 28.8 Å². The number of hydrogen-bond donors (Lipinski definition) is 2. The maximum Gasteiger partial charge on any atom is 0.0855 e. The summed E-state index contributed by atoms with van der Waals surface area (Å²) < 4.78 is 0. The molecule has 2 N–H and O–H groups in total. The lowest BCUT2D eigenvalue weighted by atomic mass is 9.91. The second-order valence-electron chi connectivity index (χ2n) is 3.97. The molecule has 0 radical (unpaired) electrons. The second-order valence-corrected chi connectivity index (χ2v) is 3.97. The van der Waals surface area contributed by atoms with Gasteiger partial charge < -0.3 is 10.4 Å². The van der Waals surface area contributed by atoms with Gasteiger partial charge in [0.25, 0.3) is 0 Å². The van der Waals surface area contributed by atoms with Gasteiger partial charge in [-0.2, -0.15) is 0 Å². The van der Waals surface area contributed by atoms with Gasteiger partial charge in [-0.15, -0.1) is 0 Å². The minimum atomic E-state index is -0.630. The first kappa shape index (κ1) is 10.3. The van der Waals surface area contributed by atoms with Crippen molar-refractivity contribution >= 4 is 6.08 Å².